The minimum Gasteiger partial charge on any atom is -0.472 e. The van der Waals surface area contributed by atoms with E-state index in [2.05, 4.69) is 21.2 Å². The Morgan fingerprint density at radius 2 is 2.17 bits per heavy atom. The lowest BCUT2D eigenvalue weighted by Gasteiger charge is -2.13. The quantitative estimate of drug-likeness (QED) is 0.831. The number of para-hydroxylation sites is 1. The van der Waals surface area contributed by atoms with Gasteiger partial charge >= 0.3 is 0 Å². The average molecular weight is 379 g/mol. The number of nitrogens with one attached hydrogen (secondary N) is 1. The van der Waals surface area contributed by atoms with Crippen molar-refractivity contribution in [2.45, 2.75) is 26.5 Å². The Labute approximate surface area is 142 Å². The lowest BCUT2D eigenvalue weighted by molar-refractivity contribution is 0.0943. The summed E-state index contributed by atoms with van der Waals surface area (Å²) in [6.45, 7) is 5.16. The number of carbonyl (C=O) groups is 1. The zero-order valence-corrected chi connectivity index (χ0v) is 14.7. The first kappa shape index (κ1) is 16.1. The van der Waals surface area contributed by atoms with Gasteiger partial charge in [0.1, 0.15) is 11.7 Å². The zero-order chi connectivity index (χ0) is 16.6. The molecule has 6 heteroatoms. The highest BCUT2D eigenvalue weighted by molar-refractivity contribution is 9.09. The molecule has 1 atom stereocenters. The van der Waals surface area contributed by atoms with Crippen LogP contribution in [-0.4, -0.2) is 28.5 Å². The van der Waals surface area contributed by atoms with Crippen molar-refractivity contribution in [1.82, 2.24) is 9.88 Å². The third kappa shape index (κ3) is 2.87. The van der Waals surface area contributed by atoms with Gasteiger partial charge in [-0.2, -0.15) is 0 Å². The number of amides is 1. The Morgan fingerprint density at radius 3 is 2.87 bits per heavy atom. The van der Waals surface area contributed by atoms with Gasteiger partial charge in [-0.15, -0.1) is 0 Å². The van der Waals surface area contributed by atoms with Gasteiger partial charge in [-0.1, -0.05) is 41.9 Å². The van der Waals surface area contributed by atoms with Crippen molar-refractivity contribution in [2.24, 2.45) is 5.92 Å². The molecule has 23 heavy (non-hydrogen) atoms. The normalized spacial score (nSPS) is 16.4. The maximum Gasteiger partial charge on any atom is 0.260 e. The Kier molecular flexibility index (Phi) is 4.43. The van der Waals surface area contributed by atoms with E-state index in [1.165, 1.54) is 0 Å². The first-order valence-corrected chi connectivity index (χ1v) is 8.81. The van der Waals surface area contributed by atoms with Crippen LogP contribution in [0.1, 0.15) is 24.2 Å². The van der Waals surface area contributed by atoms with Crippen molar-refractivity contribution < 1.29 is 9.53 Å². The molecule has 2 heterocycles. The molecule has 1 unspecified atom stereocenters. The molecule has 0 fully saturated rings. The molecule has 1 aromatic carbocycles. The van der Waals surface area contributed by atoms with Gasteiger partial charge in [0.2, 0.25) is 11.3 Å². The number of hydrogen-bond acceptors (Lipinski definition) is 3. The first-order chi connectivity index (χ1) is 11.0. The summed E-state index contributed by atoms with van der Waals surface area (Å²) in [7, 11) is 0. The molecule has 2 aromatic rings. The van der Waals surface area contributed by atoms with Crippen LogP contribution >= 0.6 is 15.9 Å². The molecule has 1 amide bonds. The number of alkyl halides is 1. The first-order valence-electron chi connectivity index (χ1n) is 7.69. The fourth-order valence-electron chi connectivity index (χ4n) is 2.75. The number of halogens is 1. The summed E-state index contributed by atoms with van der Waals surface area (Å²) < 4.78 is 7.78. The smallest absolute Gasteiger partial charge is 0.260 e. The molecular formula is C17H19BrN2O3. The Balaban J connectivity index is 2.16. The molecule has 5 nitrogen and oxygen atoms in total. The van der Waals surface area contributed by atoms with E-state index in [9.17, 15) is 9.59 Å². The molecule has 1 N–H and O–H groups in total. The minimum atomic E-state index is -0.367. The van der Waals surface area contributed by atoms with Crippen LogP contribution < -0.4 is 15.5 Å². The fraction of sp³-hybridized carbons (Fsp3) is 0.412. The Morgan fingerprint density at radius 1 is 1.43 bits per heavy atom. The maximum atomic E-state index is 12.8. The van der Waals surface area contributed by atoms with Crippen molar-refractivity contribution in [1.29, 1.82) is 0 Å². The predicted octanol–water partition coefficient (Wildman–Crippen LogP) is 2.54. The monoisotopic (exact) mass is 378 g/mol. The van der Waals surface area contributed by atoms with Crippen LogP contribution in [0.25, 0.3) is 10.9 Å². The largest absolute Gasteiger partial charge is 0.472 e. The molecule has 122 valence electrons. The second kappa shape index (κ2) is 6.35. The van der Waals surface area contributed by atoms with E-state index in [0.29, 0.717) is 35.6 Å². The average Bonchev–Trinajstić information content (AvgIpc) is 2.97. The number of carbonyl (C=O) groups excluding carboxylic acids is 1. The number of pyridine rings is 1. The molecule has 0 saturated heterocycles. The minimum absolute atomic E-state index is 0.0862. The molecule has 0 aliphatic carbocycles. The number of ether oxygens (including phenoxy) is 1. The van der Waals surface area contributed by atoms with Gasteiger partial charge in [0.05, 0.1) is 12.1 Å². The molecule has 0 saturated carbocycles. The summed E-state index contributed by atoms with van der Waals surface area (Å²) >= 11 is 3.41. The van der Waals surface area contributed by atoms with Gasteiger partial charge in [-0.05, 0) is 18.1 Å². The highest BCUT2D eigenvalue weighted by Crippen LogP contribution is 2.30. The number of fused-ring (bicyclic) bond motifs is 3. The van der Waals surface area contributed by atoms with E-state index >= 15 is 0 Å². The van der Waals surface area contributed by atoms with E-state index in [4.69, 9.17) is 4.74 Å². The van der Waals surface area contributed by atoms with E-state index in [1.54, 1.807) is 6.07 Å². The van der Waals surface area contributed by atoms with Crippen molar-refractivity contribution in [3.63, 3.8) is 0 Å². The molecule has 0 radical (unpaired) electrons. The number of nitrogens with zero attached hydrogens (tertiary/aromatic N) is 1. The van der Waals surface area contributed by atoms with Gasteiger partial charge in [-0.3, -0.25) is 9.59 Å². The summed E-state index contributed by atoms with van der Waals surface area (Å²) in [6, 6.07) is 7.33. The van der Waals surface area contributed by atoms with Crippen LogP contribution in [0, 0.1) is 5.92 Å². The standard InChI is InChI=1S/C17H19BrN2O3/c1-10(2)8-19-16(22)14-15(21)12-5-3-4-6-13(12)20-9-11(7-18)23-17(14)20/h3-6,10-11H,7-9H2,1-2H3,(H,19,22). The van der Waals surface area contributed by atoms with Crippen molar-refractivity contribution >= 4 is 32.7 Å². The van der Waals surface area contributed by atoms with Gasteiger partial charge in [-0.25, -0.2) is 0 Å². The lowest BCUT2D eigenvalue weighted by Crippen LogP contribution is -2.32. The number of rotatable bonds is 4. The summed E-state index contributed by atoms with van der Waals surface area (Å²) in [5, 5.41) is 4.01. The number of aromatic nitrogens is 1. The van der Waals surface area contributed by atoms with E-state index in [-0.39, 0.29) is 23.0 Å². The van der Waals surface area contributed by atoms with E-state index in [0.717, 1.165) is 5.52 Å². The topological polar surface area (TPSA) is 60.3 Å². The number of benzene rings is 1. The molecule has 3 rings (SSSR count). The predicted molar refractivity (Wildman–Crippen MR) is 93.6 cm³/mol. The lowest BCUT2D eigenvalue weighted by atomic mass is 10.1. The molecule has 1 aromatic heterocycles. The van der Waals surface area contributed by atoms with E-state index in [1.807, 2.05) is 36.6 Å². The van der Waals surface area contributed by atoms with Crippen LogP contribution in [0.15, 0.2) is 29.1 Å². The van der Waals surface area contributed by atoms with Gasteiger partial charge in [0.25, 0.3) is 5.91 Å². The third-order valence-electron chi connectivity index (χ3n) is 3.86. The molecule has 0 spiro atoms. The summed E-state index contributed by atoms with van der Waals surface area (Å²) in [4.78, 5) is 25.4. The van der Waals surface area contributed by atoms with Crippen LogP contribution in [0.2, 0.25) is 0 Å². The highest BCUT2D eigenvalue weighted by Gasteiger charge is 2.31. The molecule has 1 aliphatic heterocycles. The van der Waals surface area contributed by atoms with Crippen LogP contribution in [0.4, 0.5) is 0 Å². The summed E-state index contributed by atoms with van der Waals surface area (Å²) in [5.41, 5.74) is 0.632. The van der Waals surface area contributed by atoms with Crippen molar-refractivity contribution in [2.75, 3.05) is 11.9 Å². The van der Waals surface area contributed by atoms with Gasteiger partial charge in [0, 0.05) is 17.3 Å². The van der Waals surface area contributed by atoms with Crippen molar-refractivity contribution in [3.8, 4) is 5.88 Å². The summed E-state index contributed by atoms with van der Waals surface area (Å²) in [6.07, 6.45) is -0.0862. The Hall–Kier alpha value is -1.82. The second-order valence-corrected chi connectivity index (χ2v) is 6.78. The SMILES string of the molecule is CC(C)CNC(=O)c1c2n(c3ccccc3c1=O)CC(CBr)O2. The molecular weight excluding hydrogens is 360 g/mol. The van der Waals surface area contributed by atoms with Crippen LogP contribution in [0.3, 0.4) is 0 Å². The number of hydrogen-bond donors (Lipinski definition) is 1. The maximum absolute atomic E-state index is 12.8. The fourth-order valence-corrected chi connectivity index (χ4v) is 3.08. The van der Waals surface area contributed by atoms with Gasteiger partial charge < -0.3 is 14.6 Å². The van der Waals surface area contributed by atoms with Gasteiger partial charge in [0.15, 0.2) is 0 Å². The summed E-state index contributed by atoms with van der Waals surface area (Å²) in [5.74, 6) is 0.319. The third-order valence-corrected chi connectivity index (χ3v) is 4.58. The zero-order valence-electron chi connectivity index (χ0n) is 13.1. The van der Waals surface area contributed by atoms with Crippen molar-refractivity contribution in [3.05, 3.63) is 40.1 Å². The Bertz CT molecular complexity index is 813. The van der Waals surface area contributed by atoms with E-state index < -0.39 is 0 Å². The highest BCUT2D eigenvalue weighted by atomic mass is 79.9. The van der Waals surface area contributed by atoms with Crippen LogP contribution in [0.5, 0.6) is 5.88 Å². The molecule has 1 aliphatic rings. The van der Waals surface area contributed by atoms with Crippen LogP contribution in [-0.2, 0) is 6.54 Å². The second-order valence-electron chi connectivity index (χ2n) is 6.14. The molecule has 0 bridgehead atoms.